The summed E-state index contributed by atoms with van der Waals surface area (Å²) < 4.78 is 24.1. The molecule has 5 aliphatic heterocycles. The number of piperidine rings is 2. The molecule has 22 heteroatoms. The number of aromatic nitrogens is 7. The molecule has 1 aliphatic carbocycles. The maximum atomic E-state index is 12.6. The Labute approximate surface area is 608 Å². The number of ether oxygens (including phenoxy) is 3. The van der Waals surface area contributed by atoms with E-state index in [0.717, 1.165) is 226 Å². The molecule has 3 fully saturated rings. The van der Waals surface area contributed by atoms with Crippen molar-refractivity contribution in [3.63, 3.8) is 0 Å². The lowest BCUT2D eigenvalue weighted by molar-refractivity contribution is -0.122. The maximum Gasteiger partial charge on any atom is 0.414 e. The molecule has 0 radical (unpaired) electrons. The minimum Gasteiger partial charge on any atom is -0.452 e. The summed E-state index contributed by atoms with van der Waals surface area (Å²) in [6.07, 6.45) is 16.9. The molecule has 21 nitrogen and oxygen atoms in total. The second-order valence-corrected chi connectivity index (χ2v) is 29.4. The number of hydrogen-bond donors (Lipinski definition) is 2. The predicted octanol–water partition coefficient (Wildman–Crippen LogP) is 14.0. The van der Waals surface area contributed by atoms with Crippen LogP contribution in [0.25, 0.3) is 33.1 Å². The zero-order valence-electron chi connectivity index (χ0n) is 60.7. The molecule has 6 atom stereocenters. The normalized spacial score (nSPS) is 20.7. The molecule has 6 aliphatic rings. The van der Waals surface area contributed by atoms with Crippen LogP contribution in [0, 0.1) is 5.92 Å². The van der Waals surface area contributed by atoms with Gasteiger partial charge in [-0.05, 0) is 190 Å². The number of imidazole rings is 3. The minimum absolute atomic E-state index is 0.0212. The van der Waals surface area contributed by atoms with Crippen LogP contribution >= 0.6 is 11.6 Å². The van der Waals surface area contributed by atoms with E-state index in [0.29, 0.717) is 19.0 Å². The summed E-state index contributed by atoms with van der Waals surface area (Å²) in [5.41, 5.74) is 14.8. The summed E-state index contributed by atoms with van der Waals surface area (Å²) in [5, 5.41) is 14.2. The summed E-state index contributed by atoms with van der Waals surface area (Å²) in [7, 11) is 4.30. The number of nitrogens with one attached hydrogen (secondary N) is 1. The van der Waals surface area contributed by atoms with Crippen LogP contribution < -0.4 is 25.6 Å². The SMILES string of the molecule is COC(=O)N1c2ccc3c(nc(CCc4ccc(Cl)cc4)n3[C@@H]3CCC[C@@H](C(C)=O)C3)c2CC[C@@H]1C.COC(=O)N1c2ccc3c(nc(CCn4ccccc4=O)n3CCN3CCC(O)CC3)c2CC[C@@H]1C.COC(=O)N1c2ccc3c(nc(Cc4ccccc4)n3[C@H]3CCCNC3)c2CC[C@@H]1C. The molecule has 1 saturated carbocycles. The standard InChI is InChI=1S/C29H34ClN3O3.C27H35N5O4.C25H30N4O2/c1-18-7-13-24-25(32(18)29(35)36-3)14-15-26-28(24)31-27(16-10-20-8-11-22(30)12-9-20)33(26)23-6-4-5-21(17-23)19(2)34;1-19-6-7-21-22(32(19)27(35)36-2)8-9-23-26(21)28-24(12-16-30-13-4-3-5-25(30)34)31(23)18-17-29-14-10-20(33)11-15-29;1-17-10-11-20-21(28(17)25(30)31-2)12-13-22-24(20)27-23(15-18-7-4-3-5-8-18)29(22)19-9-6-14-26-16-19/h8-9,11-12,14-15,18,21,23H,4-7,10,13,16-17H2,1-3H3;3-5,8-9,13,19-20,33H,6-7,10-12,14-18H2,1-2H3;3-5,7-8,12-13,17,19,26H,6,9-11,14-16H2,1-2H3/t18-,21+,23+;19-;17-,19-/m000/s1. The van der Waals surface area contributed by atoms with Gasteiger partial charge in [0.1, 0.15) is 23.3 Å². The lowest BCUT2D eigenvalue weighted by Gasteiger charge is -2.34. The second-order valence-electron chi connectivity index (χ2n) is 28.9. The first-order valence-corrected chi connectivity index (χ1v) is 37.6. The molecule has 0 spiro atoms. The number of ketones is 1. The topological polar surface area (TPSA) is 217 Å². The van der Waals surface area contributed by atoms with E-state index in [1.165, 1.54) is 44.4 Å². The number of methoxy groups -OCH3 is 3. The largest absolute Gasteiger partial charge is 0.452 e. The summed E-state index contributed by atoms with van der Waals surface area (Å²) in [5.74, 6) is 3.48. The lowest BCUT2D eigenvalue weighted by atomic mass is 9.83. The molecule has 15 rings (SSSR count). The number of anilines is 3. The van der Waals surface area contributed by atoms with Crippen LogP contribution in [0.5, 0.6) is 0 Å². The van der Waals surface area contributed by atoms with Gasteiger partial charge in [0.15, 0.2) is 0 Å². The van der Waals surface area contributed by atoms with Crippen molar-refractivity contribution in [2.45, 2.75) is 193 Å². The van der Waals surface area contributed by atoms with E-state index >= 15 is 0 Å². The highest BCUT2D eigenvalue weighted by molar-refractivity contribution is 6.30. The van der Waals surface area contributed by atoms with Crippen LogP contribution in [0.15, 0.2) is 120 Å². The number of pyridine rings is 1. The fraction of sp³-hybridized carbons (Fsp3) is 0.481. The van der Waals surface area contributed by atoms with E-state index in [1.54, 1.807) is 38.3 Å². The number of nitrogens with zero attached hydrogens (tertiary/aromatic N) is 11. The van der Waals surface area contributed by atoms with Gasteiger partial charge in [0, 0.05) is 129 Å². The molecule has 103 heavy (non-hydrogen) atoms. The minimum atomic E-state index is -0.349. The van der Waals surface area contributed by atoms with Crippen LogP contribution in [-0.2, 0) is 77.0 Å². The van der Waals surface area contributed by atoms with E-state index < -0.39 is 0 Å². The summed E-state index contributed by atoms with van der Waals surface area (Å²) >= 11 is 6.09. The zero-order chi connectivity index (χ0) is 72.0. The van der Waals surface area contributed by atoms with E-state index in [1.807, 2.05) is 37.4 Å². The average Bonchev–Trinajstić information content (AvgIpc) is 1.62. The number of likely N-dealkylation sites (tertiary alicyclic amines) is 1. The first-order valence-electron chi connectivity index (χ1n) is 37.2. The summed E-state index contributed by atoms with van der Waals surface area (Å²) in [6, 6.07) is 37.1. The molecule has 2 saturated heterocycles. The number of benzene rings is 5. The Hall–Kier alpha value is -8.89. The van der Waals surface area contributed by atoms with Crippen LogP contribution in [0.4, 0.5) is 31.4 Å². The number of aryl methyl sites for hydroxylation is 7. The molecular weight excluding hydrogens is 1320 g/mol. The molecule has 9 aromatic rings. The van der Waals surface area contributed by atoms with Gasteiger partial charge in [0.25, 0.3) is 5.56 Å². The second kappa shape index (κ2) is 32.4. The van der Waals surface area contributed by atoms with Gasteiger partial charge in [-0.3, -0.25) is 24.3 Å². The van der Waals surface area contributed by atoms with Gasteiger partial charge in [0.05, 0.1) is 77.6 Å². The van der Waals surface area contributed by atoms with Crippen molar-refractivity contribution in [2.24, 2.45) is 5.92 Å². The molecule has 9 heterocycles. The third-order valence-electron chi connectivity index (χ3n) is 22.4. The Kier molecular flexibility index (Phi) is 22.8. The van der Waals surface area contributed by atoms with Crippen molar-refractivity contribution in [3.05, 3.63) is 176 Å². The van der Waals surface area contributed by atoms with Gasteiger partial charge in [-0.25, -0.2) is 29.3 Å². The van der Waals surface area contributed by atoms with Gasteiger partial charge in [-0.15, -0.1) is 0 Å². The van der Waals surface area contributed by atoms with E-state index in [-0.39, 0.29) is 65.8 Å². The van der Waals surface area contributed by atoms with E-state index in [4.69, 9.17) is 40.8 Å². The number of halogens is 1. The third-order valence-corrected chi connectivity index (χ3v) is 22.7. The number of hydrogen-bond acceptors (Lipinski definition) is 14. The van der Waals surface area contributed by atoms with Crippen molar-refractivity contribution < 1.29 is 38.5 Å². The molecule has 5 aromatic carbocycles. The Morgan fingerprint density at radius 3 is 1.63 bits per heavy atom. The first-order chi connectivity index (χ1) is 50.0. The summed E-state index contributed by atoms with van der Waals surface area (Å²) in [6.45, 7) is 13.9. The maximum absolute atomic E-state index is 12.6. The number of amides is 3. The molecule has 0 unspecified atom stereocenters. The number of Topliss-reactive ketones (excluding diaryl/α,β-unsaturated/α-hetero) is 1. The Morgan fingerprint density at radius 2 is 1.08 bits per heavy atom. The molecule has 0 bridgehead atoms. The van der Waals surface area contributed by atoms with Crippen LogP contribution in [0.1, 0.15) is 156 Å². The zero-order valence-corrected chi connectivity index (χ0v) is 61.5. The number of aliphatic hydroxyl groups excluding tert-OH is 1. The fourth-order valence-electron chi connectivity index (χ4n) is 16.8. The molecule has 3 amide bonds. The van der Waals surface area contributed by atoms with Crippen LogP contribution in [0.2, 0.25) is 5.02 Å². The molecule has 544 valence electrons. The molecular formula is C81H99ClN12O9. The molecule has 2 N–H and O–H groups in total. The monoisotopic (exact) mass is 1420 g/mol. The van der Waals surface area contributed by atoms with Gasteiger partial charge >= 0.3 is 18.3 Å². The first kappa shape index (κ1) is 72.5. The Bertz CT molecular complexity index is 4570. The lowest BCUT2D eigenvalue weighted by Crippen LogP contribution is -2.42. The highest BCUT2D eigenvalue weighted by atomic mass is 35.5. The van der Waals surface area contributed by atoms with Crippen molar-refractivity contribution in [1.82, 2.24) is 43.4 Å². The van der Waals surface area contributed by atoms with Gasteiger partial charge in [-0.1, -0.05) is 66.6 Å². The molecule has 4 aromatic heterocycles. The Balaban J connectivity index is 0.000000138. The third kappa shape index (κ3) is 15.5. The predicted molar refractivity (Wildman–Crippen MR) is 404 cm³/mol. The van der Waals surface area contributed by atoms with Crippen molar-refractivity contribution in [2.75, 3.05) is 68.8 Å². The van der Waals surface area contributed by atoms with Gasteiger partial charge < -0.3 is 47.8 Å². The van der Waals surface area contributed by atoms with Crippen LogP contribution in [-0.4, -0.2) is 146 Å². The highest BCUT2D eigenvalue weighted by Crippen LogP contribution is 2.43. The number of carbonyl (C=O) groups is 4. The smallest absolute Gasteiger partial charge is 0.414 e. The van der Waals surface area contributed by atoms with Gasteiger partial charge in [0.2, 0.25) is 0 Å². The number of aliphatic hydroxyl groups is 1. The van der Waals surface area contributed by atoms with E-state index in [2.05, 4.69) is 111 Å². The van der Waals surface area contributed by atoms with Crippen LogP contribution in [0.3, 0.4) is 0 Å². The van der Waals surface area contributed by atoms with Gasteiger partial charge in [-0.2, -0.15) is 0 Å². The Morgan fingerprint density at radius 1 is 0.544 bits per heavy atom. The van der Waals surface area contributed by atoms with E-state index in [9.17, 15) is 29.1 Å². The quantitative estimate of drug-likeness (QED) is 0.0969. The number of fused-ring (bicyclic) bond motifs is 9. The number of rotatable bonds is 14. The average molecular weight is 1420 g/mol. The van der Waals surface area contributed by atoms with Crippen molar-refractivity contribution in [3.8, 4) is 0 Å². The number of carbonyl (C=O) groups excluding carboxylic acids is 4. The summed E-state index contributed by atoms with van der Waals surface area (Å²) in [4.78, 5) is 85.4. The van der Waals surface area contributed by atoms with Crippen molar-refractivity contribution in [1.29, 1.82) is 0 Å². The fourth-order valence-corrected chi connectivity index (χ4v) is 16.9. The van der Waals surface area contributed by atoms with Crippen molar-refractivity contribution >= 4 is 85.8 Å². The highest BCUT2D eigenvalue weighted by Gasteiger charge is 2.37.